The Kier molecular flexibility index (Phi) is 8.98. The molecule has 0 aromatic heterocycles. The summed E-state index contributed by atoms with van der Waals surface area (Å²) in [6.07, 6.45) is 1.05. The van der Waals surface area contributed by atoms with E-state index in [1.807, 2.05) is 12.1 Å². The number of hydrogen-bond donors (Lipinski definition) is 2. The van der Waals surface area contributed by atoms with Gasteiger partial charge in [0.2, 0.25) is 0 Å². The Hall–Kier alpha value is -0.680. The van der Waals surface area contributed by atoms with Crippen LogP contribution in [0.2, 0.25) is 0 Å². The number of halogens is 2. The molecule has 1 heterocycles. The third-order valence-electron chi connectivity index (χ3n) is 3.57. The number of methoxy groups -OCH3 is 1. The largest absolute Gasteiger partial charge is 0.504 e. The topological polar surface area (TPSA) is 44.7 Å². The van der Waals surface area contributed by atoms with Gasteiger partial charge in [-0.25, -0.2) is 0 Å². The summed E-state index contributed by atoms with van der Waals surface area (Å²) >= 11 is 0. The summed E-state index contributed by atoms with van der Waals surface area (Å²) < 4.78 is 5.09. The first-order valence-electron chi connectivity index (χ1n) is 6.58. The van der Waals surface area contributed by atoms with Crippen molar-refractivity contribution in [2.75, 3.05) is 33.3 Å². The first-order valence-corrected chi connectivity index (χ1v) is 6.58. The summed E-state index contributed by atoms with van der Waals surface area (Å²) in [5, 5.41) is 13.2. The molecule has 6 heteroatoms. The lowest BCUT2D eigenvalue weighted by Crippen LogP contribution is -2.45. The molecule has 0 spiro atoms. The van der Waals surface area contributed by atoms with Gasteiger partial charge in [-0.3, -0.25) is 4.90 Å². The zero-order valence-electron chi connectivity index (χ0n) is 12.0. The number of piperazine rings is 1. The number of phenols is 1. The standard InChI is InChI=1S/C14H22N2O2.2ClH/c1-3-12(16-8-6-15-7-9-16)11-4-5-14(18-2)13(17)10-11;;/h4-5,10,12,15,17H,3,6-9H2,1-2H3;2*1H/t12-;;/m1../s1. The second kappa shape index (κ2) is 9.29. The van der Waals surface area contributed by atoms with Crippen LogP contribution in [0.3, 0.4) is 0 Å². The summed E-state index contributed by atoms with van der Waals surface area (Å²) in [7, 11) is 1.57. The zero-order valence-corrected chi connectivity index (χ0v) is 13.6. The second-order valence-electron chi connectivity index (χ2n) is 4.64. The molecule has 116 valence electrons. The molecule has 0 saturated carbocycles. The van der Waals surface area contributed by atoms with Gasteiger partial charge in [0.25, 0.3) is 0 Å². The van der Waals surface area contributed by atoms with Crippen molar-refractivity contribution in [1.29, 1.82) is 0 Å². The minimum Gasteiger partial charge on any atom is -0.504 e. The van der Waals surface area contributed by atoms with Crippen LogP contribution < -0.4 is 10.1 Å². The van der Waals surface area contributed by atoms with E-state index in [-0.39, 0.29) is 30.6 Å². The molecule has 0 bridgehead atoms. The summed E-state index contributed by atoms with van der Waals surface area (Å²) in [6.45, 7) is 6.39. The average Bonchev–Trinajstić information content (AvgIpc) is 2.41. The molecular formula is C14H24Cl2N2O2. The number of hydrogen-bond acceptors (Lipinski definition) is 4. The van der Waals surface area contributed by atoms with E-state index in [2.05, 4.69) is 23.2 Å². The third-order valence-corrected chi connectivity index (χ3v) is 3.57. The first kappa shape index (κ1) is 19.3. The van der Waals surface area contributed by atoms with E-state index in [1.54, 1.807) is 7.11 Å². The van der Waals surface area contributed by atoms with Gasteiger partial charge >= 0.3 is 0 Å². The molecule has 0 amide bonds. The van der Waals surface area contributed by atoms with E-state index >= 15 is 0 Å². The number of ether oxygens (including phenoxy) is 1. The fraction of sp³-hybridized carbons (Fsp3) is 0.571. The molecular weight excluding hydrogens is 299 g/mol. The first-order chi connectivity index (χ1) is 8.76. The average molecular weight is 323 g/mol. The van der Waals surface area contributed by atoms with E-state index in [0.717, 1.165) is 38.2 Å². The lowest BCUT2D eigenvalue weighted by molar-refractivity contribution is 0.169. The maximum Gasteiger partial charge on any atom is 0.160 e. The fourth-order valence-corrected chi connectivity index (χ4v) is 2.61. The molecule has 2 rings (SSSR count). The Morgan fingerprint density at radius 2 is 1.95 bits per heavy atom. The molecule has 1 atom stereocenters. The summed E-state index contributed by atoms with van der Waals surface area (Å²) in [4.78, 5) is 2.47. The van der Waals surface area contributed by atoms with Crippen molar-refractivity contribution in [3.05, 3.63) is 23.8 Å². The van der Waals surface area contributed by atoms with Gasteiger partial charge in [-0.1, -0.05) is 13.0 Å². The van der Waals surface area contributed by atoms with Crippen LogP contribution in [0.25, 0.3) is 0 Å². The monoisotopic (exact) mass is 322 g/mol. The van der Waals surface area contributed by atoms with Crippen LogP contribution >= 0.6 is 24.8 Å². The highest BCUT2D eigenvalue weighted by Crippen LogP contribution is 2.32. The number of aromatic hydroxyl groups is 1. The number of nitrogens with zero attached hydrogens (tertiary/aromatic N) is 1. The number of nitrogens with one attached hydrogen (secondary N) is 1. The fourth-order valence-electron chi connectivity index (χ4n) is 2.61. The predicted octanol–water partition coefficient (Wildman–Crippen LogP) is 2.60. The van der Waals surface area contributed by atoms with Crippen LogP contribution in [0.1, 0.15) is 24.9 Å². The van der Waals surface area contributed by atoms with E-state index in [1.165, 1.54) is 0 Å². The van der Waals surface area contributed by atoms with Crippen LogP contribution in [0, 0.1) is 0 Å². The molecule has 4 nitrogen and oxygen atoms in total. The van der Waals surface area contributed by atoms with Gasteiger partial charge in [0.1, 0.15) is 0 Å². The van der Waals surface area contributed by atoms with Gasteiger partial charge < -0.3 is 15.2 Å². The Labute approximate surface area is 133 Å². The van der Waals surface area contributed by atoms with Crippen LogP contribution in [0.4, 0.5) is 0 Å². The normalized spacial score (nSPS) is 16.7. The van der Waals surface area contributed by atoms with Gasteiger partial charge in [0, 0.05) is 32.2 Å². The van der Waals surface area contributed by atoms with E-state index in [9.17, 15) is 5.11 Å². The summed E-state index contributed by atoms with van der Waals surface area (Å²) in [6, 6.07) is 6.10. The molecule has 1 saturated heterocycles. The molecule has 1 aliphatic rings. The quantitative estimate of drug-likeness (QED) is 0.894. The van der Waals surface area contributed by atoms with E-state index < -0.39 is 0 Å². The van der Waals surface area contributed by atoms with Crippen molar-refractivity contribution < 1.29 is 9.84 Å². The van der Waals surface area contributed by atoms with Crippen LogP contribution in [-0.4, -0.2) is 43.3 Å². The summed E-state index contributed by atoms with van der Waals surface area (Å²) in [5.41, 5.74) is 1.16. The summed E-state index contributed by atoms with van der Waals surface area (Å²) in [5.74, 6) is 0.762. The van der Waals surface area contributed by atoms with Gasteiger partial charge in [0.05, 0.1) is 7.11 Å². The molecule has 20 heavy (non-hydrogen) atoms. The lowest BCUT2D eigenvalue weighted by atomic mass is 10.0. The van der Waals surface area contributed by atoms with Crippen LogP contribution in [-0.2, 0) is 0 Å². The van der Waals surface area contributed by atoms with Crippen LogP contribution in [0.5, 0.6) is 11.5 Å². The Bertz CT molecular complexity index is 399. The third kappa shape index (κ3) is 4.42. The Morgan fingerprint density at radius 1 is 1.30 bits per heavy atom. The van der Waals surface area contributed by atoms with Crippen molar-refractivity contribution in [3.63, 3.8) is 0 Å². The Morgan fingerprint density at radius 3 is 2.45 bits per heavy atom. The van der Waals surface area contributed by atoms with Crippen LogP contribution in [0.15, 0.2) is 18.2 Å². The minimum absolute atomic E-state index is 0. The lowest BCUT2D eigenvalue weighted by Gasteiger charge is -2.34. The van der Waals surface area contributed by atoms with Gasteiger partial charge in [-0.15, -0.1) is 24.8 Å². The molecule has 1 fully saturated rings. The van der Waals surface area contributed by atoms with Crippen molar-refractivity contribution in [2.45, 2.75) is 19.4 Å². The molecule has 1 aliphatic heterocycles. The van der Waals surface area contributed by atoms with E-state index in [4.69, 9.17) is 4.74 Å². The molecule has 0 aliphatic carbocycles. The van der Waals surface area contributed by atoms with Gasteiger partial charge in [-0.2, -0.15) is 0 Å². The SMILES string of the molecule is CC[C@H](c1ccc(OC)c(O)c1)N1CCNCC1.Cl.Cl. The minimum atomic E-state index is 0. The smallest absolute Gasteiger partial charge is 0.160 e. The second-order valence-corrected chi connectivity index (χ2v) is 4.64. The molecule has 2 N–H and O–H groups in total. The Balaban J connectivity index is 0.00000180. The highest BCUT2D eigenvalue weighted by atomic mass is 35.5. The molecule has 1 aromatic carbocycles. The van der Waals surface area contributed by atoms with Crippen molar-refractivity contribution in [1.82, 2.24) is 10.2 Å². The number of benzene rings is 1. The zero-order chi connectivity index (χ0) is 13.0. The van der Waals surface area contributed by atoms with Gasteiger partial charge in [-0.05, 0) is 24.1 Å². The van der Waals surface area contributed by atoms with E-state index in [0.29, 0.717) is 11.8 Å². The van der Waals surface area contributed by atoms with Crippen molar-refractivity contribution in [2.24, 2.45) is 0 Å². The number of phenolic OH excluding ortho intramolecular Hbond substituents is 1. The molecule has 1 aromatic rings. The number of rotatable bonds is 4. The molecule has 0 radical (unpaired) electrons. The highest BCUT2D eigenvalue weighted by Gasteiger charge is 2.21. The maximum atomic E-state index is 9.88. The highest BCUT2D eigenvalue weighted by molar-refractivity contribution is 5.85. The molecule has 0 unspecified atom stereocenters. The van der Waals surface area contributed by atoms with Gasteiger partial charge in [0.15, 0.2) is 11.5 Å². The predicted molar refractivity (Wildman–Crippen MR) is 86.6 cm³/mol. The van der Waals surface area contributed by atoms with Crippen molar-refractivity contribution >= 4 is 24.8 Å². The maximum absolute atomic E-state index is 9.88. The van der Waals surface area contributed by atoms with Crippen molar-refractivity contribution in [3.8, 4) is 11.5 Å².